The maximum Gasteiger partial charge on any atom is 0.257 e. The zero-order chi connectivity index (χ0) is 14.7. The molecule has 0 saturated heterocycles. The van der Waals surface area contributed by atoms with Crippen LogP contribution in [0.3, 0.4) is 0 Å². The summed E-state index contributed by atoms with van der Waals surface area (Å²) >= 11 is 0. The standard InChI is InChI=1S/C15H14N2O4/c18-13-3-1-2-6-17(13)14(19)5-4-11-9-12-15(16-10-11)21-8-7-20-12/h1,3-5,9-10H,2,6-8H2/b5-4+. The number of carbonyl (C=O) groups excluding carboxylic acids is 2. The molecule has 1 aromatic rings. The van der Waals surface area contributed by atoms with Gasteiger partial charge in [0.05, 0.1) is 0 Å². The van der Waals surface area contributed by atoms with Gasteiger partial charge in [0.25, 0.3) is 17.7 Å². The van der Waals surface area contributed by atoms with Crippen LogP contribution in [0.4, 0.5) is 0 Å². The molecule has 6 heteroatoms. The molecule has 2 aliphatic rings. The molecule has 0 spiro atoms. The molecule has 3 rings (SSSR count). The van der Waals surface area contributed by atoms with Gasteiger partial charge in [-0.05, 0) is 30.2 Å². The quantitative estimate of drug-likeness (QED) is 0.764. The number of fused-ring (bicyclic) bond motifs is 1. The minimum Gasteiger partial charge on any atom is -0.484 e. The molecule has 0 fully saturated rings. The molecule has 0 N–H and O–H groups in total. The van der Waals surface area contributed by atoms with Crippen molar-refractivity contribution in [3.05, 3.63) is 36.1 Å². The van der Waals surface area contributed by atoms with E-state index in [9.17, 15) is 9.59 Å². The highest BCUT2D eigenvalue weighted by atomic mass is 16.6. The smallest absolute Gasteiger partial charge is 0.257 e. The van der Waals surface area contributed by atoms with Gasteiger partial charge in [-0.15, -0.1) is 0 Å². The second-order valence-electron chi connectivity index (χ2n) is 4.62. The number of ether oxygens (including phenoxy) is 2. The van der Waals surface area contributed by atoms with Crippen molar-refractivity contribution in [3.63, 3.8) is 0 Å². The Hall–Kier alpha value is -2.63. The number of hydrogen-bond acceptors (Lipinski definition) is 5. The van der Waals surface area contributed by atoms with Crippen LogP contribution in [0.1, 0.15) is 12.0 Å². The third-order valence-electron chi connectivity index (χ3n) is 3.15. The Labute approximate surface area is 121 Å². The van der Waals surface area contributed by atoms with Crippen molar-refractivity contribution in [2.75, 3.05) is 19.8 Å². The van der Waals surface area contributed by atoms with Gasteiger partial charge in [-0.1, -0.05) is 6.08 Å². The van der Waals surface area contributed by atoms with Gasteiger partial charge in [0, 0.05) is 18.8 Å². The van der Waals surface area contributed by atoms with Crippen molar-refractivity contribution in [2.45, 2.75) is 6.42 Å². The molecule has 0 saturated carbocycles. The summed E-state index contributed by atoms with van der Waals surface area (Å²) in [5, 5.41) is 0. The average Bonchev–Trinajstić information content (AvgIpc) is 2.53. The Morgan fingerprint density at radius 1 is 1.33 bits per heavy atom. The van der Waals surface area contributed by atoms with Crippen molar-refractivity contribution < 1.29 is 19.1 Å². The van der Waals surface area contributed by atoms with Crippen LogP contribution in [-0.2, 0) is 9.59 Å². The summed E-state index contributed by atoms with van der Waals surface area (Å²) in [6.45, 7) is 1.38. The normalized spacial score (nSPS) is 17.3. The molecule has 0 radical (unpaired) electrons. The summed E-state index contributed by atoms with van der Waals surface area (Å²) in [7, 11) is 0. The summed E-state index contributed by atoms with van der Waals surface area (Å²) in [5.41, 5.74) is 0.715. The summed E-state index contributed by atoms with van der Waals surface area (Å²) in [6.07, 6.45) is 8.44. The maximum absolute atomic E-state index is 12.0. The lowest BCUT2D eigenvalue weighted by atomic mass is 10.2. The van der Waals surface area contributed by atoms with E-state index in [1.165, 1.54) is 17.1 Å². The zero-order valence-corrected chi connectivity index (χ0v) is 11.3. The first-order valence-electron chi connectivity index (χ1n) is 6.70. The lowest BCUT2D eigenvalue weighted by Gasteiger charge is -2.19. The van der Waals surface area contributed by atoms with E-state index in [1.54, 1.807) is 24.4 Å². The number of carbonyl (C=O) groups is 2. The van der Waals surface area contributed by atoms with Gasteiger partial charge in [-0.3, -0.25) is 14.5 Å². The SMILES string of the molecule is O=C1C=CCCN1C(=O)/C=C/c1cnc2c(c1)OCCO2. The minimum atomic E-state index is -0.334. The number of pyridine rings is 1. The molecule has 21 heavy (non-hydrogen) atoms. The molecule has 3 heterocycles. The van der Waals surface area contributed by atoms with Crippen LogP contribution in [0.2, 0.25) is 0 Å². The highest BCUT2D eigenvalue weighted by molar-refractivity contribution is 6.06. The molecule has 2 aliphatic heterocycles. The largest absolute Gasteiger partial charge is 0.484 e. The van der Waals surface area contributed by atoms with Gasteiger partial charge in [0.1, 0.15) is 13.2 Å². The number of rotatable bonds is 2. The van der Waals surface area contributed by atoms with Gasteiger partial charge in [0.2, 0.25) is 0 Å². The third kappa shape index (κ3) is 2.94. The Bertz CT molecular complexity index is 637. The summed E-state index contributed by atoms with van der Waals surface area (Å²) in [6, 6.07) is 1.75. The van der Waals surface area contributed by atoms with Crippen LogP contribution >= 0.6 is 0 Å². The van der Waals surface area contributed by atoms with Crippen LogP contribution in [-0.4, -0.2) is 41.5 Å². The molecule has 0 aliphatic carbocycles. The molecule has 0 aromatic carbocycles. The second kappa shape index (κ2) is 5.78. The van der Waals surface area contributed by atoms with Gasteiger partial charge in [-0.25, -0.2) is 4.98 Å². The van der Waals surface area contributed by atoms with E-state index in [0.29, 0.717) is 43.4 Å². The second-order valence-corrected chi connectivity index (χ2v) is 4.62. The van der Waals surface area contributed by atoms with E-state index in [1.807, 2.05) is 0 Å². The van der Waals surface area contributed by atoms with Crippen LogP contribution < -0.4 is 9.47 Å². The lowest BCUT2D eigenvalue weighted by molar-refractivity contribution is -0.139. The van der Waals surface area contributed by atoms with E-state index in [2.05, 4.69) is 4.98 Å². The molecular weight excluding hydrogens is 272 g/mol. The van der Waals surface area contributed by atoms with E-state index in [-0.39, 0.29) is 11.8 Å². The zero-order valence-electron chi connectivity index (χ0n) is 11.3. The van der Waals surface area contributed by atoms with Crippen LogP contribution in [0.5, 0.6) is 11.6 Å². The molecule has 0 unspecified atom stereocenters. The van der Waals surface area contributed by atoms with Crippen LogP contribution in [0.15, 0.2) is 30.5 Å². The monoisotopic (exact) mass is 286 g/mol. The highest BCUT2D eigenvalue weighted by Crippen LogP contribution is 2.28. The minimum absolute atomic E-state index is 0.281. The van der Waals surface area contributed by atoms with Crippen LogP contribution in [0, 0.1) is 0 Å². The van der Waals surface area contributed by atoms with Crippen molar-refractivity contribution in [1.29, 1.82) is 0 Å². The molecule has 2 amide bonds. The summed E-state index contributed by atoms with van der Waals surface area (Å²) < 4.78 is 10.7. The molecular formula is C15H14N2O4. The van der Waals surface area contributed by atoms with Gasteiger partial charge in [0.15, 0.2) is 5.75 Å². The molecule has 0 atom stereocenters. The van der Waals surface area contributed by atoms with Crippen molar-refractivity contribution in [3.8, 4) is 11.6 Å². The summed E-state index contributed by atoms with van der Waals surface area (Å²) in [5.74, 6) is 0.407. The number of nitrogens with zero attached hydrogens (tertiary/aromatic N) is 2. The Kier molecular flexibility index (Phi) is 3.68. The predicted octanol–water partition coefficient (Wildman–Crippen LogP) is 1.18. The Morgan fingerprint density at radius 3 is 3.05 bits per heavy atom. The number of hydrogen-bond donors (Lipinski definition) is 0. The van der Waals surface area contributed by atoms with E-state index < -0.39 is 0 Å². The maximum atomic E-state index is 12.0. The fraction of sp³-hybridized carbons (Fsp3) is 0.267. The van der Waals surface area contributed by atoms with Gasteiger partial charge in [-0.2, -0.15) is 0 Å². The first-order valence-corrected chi connectivity index (χ1v) is 6.70. The van der Waals surface area contributed by atoms with Gasteiger partial charge >= 0.3 is 0 Å². The lowest BCUT2D eigenvalue weighted by Crippen LogP contribution is -2.37. The van der Waals surface area contributed by atoms with E-state index >= 15 is 0 Å². The summed E-state index contributed by atoms with van der Waals surface area (Å²) in [4.78, 5) is 28.9. The Balaban J connectivity index is 1.72. The number of imide groups is 1. The topological polar surface area (TPSA) is 68.7 Å². The molecule has 108 valence electrons. The Morgan fingerprint density at radius 2 is 2.19 bits per heavy atom. The van der Waals surface area contributed by atoms with Crippen molar-refractivity contribution in [2.24, 2.45) is 0 Å². The average molecular weight is 286 g/mol. The predicted molar refractivity (Wildman–Crippen MR) is 74.7 cm³/mol. The number of aromatic nitrogens is 1. The van der Waals surface area contributed by atoms with Crippen LogP contribution in [0.25, 0.3) is 6.08 Å². The first-order chi connectivity index (χ1) is 10.2. The fourth-order valence-corrected chi connectivity index (χ4v) is 2.10. The van der Waals surface area contributed by atoms with E-state index in [4.69, 9.17) is 9.47 Å². The highest BCUT2D eigenvalue weighted by Gasteiger charge is 2.19. The van der Waals surface area contributed by atoms with Gasteiger partial charge < -0.3 is 9.47 Å². The number of amides is 2. The molecule has 6 nitrogen and oxygen atoms in total. The fourth-order valence-electron chi connectivity index (χ4n) is 2.10. The third-order valence-corrected chi connectivity index (χ3v) is 3.15. The molecule has 0 bridgehead atoms. The van der Waals surface area contributed by atoms with Crippen molar-refractivity contribution >= 4 is 17.9 Å². The van der Waals surface area contributed by atoms with E-state index in [0.717, 1.165) is 0 Å². The molecule has 1 aromatic heterocycles. The first kappa shape index (κ1) is 13.4. The van der Waals surface area contributed by atoms with Crippen molar-refractivity contribution in [1.82, 2.24) is 9.88 Å².